The highest BCUT2D eigenvalue weighted by Gasteiger charge is 2.32. The van der Waals surface area contributed by atoms with Gasteiger partial charge in [0.25, 0.3) is 0 Å². The summed E-state index contributed by atoms with van der Waals surface area (Å²) in [5, 5.41) is 14.1. The Morgan fingerprint density at radius 3 is 2.41 bits per heavy atom. The number of nitrogens with zero attached hydrogens (tertiary/aromatic N) is 2. The number of nitrogens with one attached hydrogen (secondary N) is 1. The number of carbonyl (C=O) groups is 2. The largest absolute Gasteiger partial charge is 0.389 e. The van der Waals surface area contributed by atoms with E-state index < -0.39 is 11.7 Å². The lowest BCUT2D eigenvalue weighted by atomic mass is 9.85. The number of aliphatic hydroxyl groups is 1. The summed E-state index contributed by atoms with van der Waals surface area (Å²) in [7, 11) is 0. The molecule has 1 unspecified atom stereocenters. The number of benzene rings is 2. The molecule has 1 saturated carbocycles. The highest BCUT2D eigenvalue weighted by Crippen LogP contribution is 2.31. The van der Waals surface area contributed by atoms with Gasteiger partial charge < -0.3 is 15.2 Å². The molecule has 208 valence electrons. The van der Waals surface area contributed by atoms with E-state index in [1.807, 2.05) is 0 Å². The maximum absolute atomic E-state index is 13.2. The summed E-state index contributed by atoms with van der Waals surface area (Å²) in [5.41, 5.74) is 0.477. The van der Waals surface area contributed by atoms with Gasteiger partial charge in [-0.05, 0) is 56.0 Å². The third-order valence-electron chi connectivity index (χ3n) is 7.40. The molecule has 0 aromatic heterocycles. The van der Waals surface area contributed by atoms with E-state index in [-0.39, 0.29) is 30.4 Å². The lowest BCUT2D eigenvalue weighted by molar-refractivity contribution is -0.117. The average molecular weight is 573 g/mol. The lowest BCUT2D eigenvalue weighted by Gasteiger charge is -2.36. The van der Waals surface area contributed by atoms with Crippen molar-refractivity contribution in [2.75, 3.05) is 51.2 Å². The first-order valence-electron chi connectivity index (χ1n) is 13.4. The van der Waals surface area contributed by atoms with Crippen molar-refractivity contribution in [3.05, 3.63) is 63.6 Å². The van der Waals surface area contributed by atoms with Gasteiger partial charge in [0.2, 0.25) is 5.91 Å². The summed E-state index contributed by atoms with van der Waals surface area (Å²) in [4.78, 5) is 30.3. The molecule has 1 heterocycles. The third-order valence-corrected chi connectivity index (χ3v) is 7.96. The van der Waals surface area contributed by atoms with Crippen LogP contribution in [0.3, 0.4) is 0 Å². The molecule has 1 amide bonds. The Kier molecular flexibility index (Phi) is 10.4. The van der Waals surface area contributed by atoms with E-state index in [0.29, 0.717) is 40.9 Å². The van der Waals surface area contributed by atoms with E-state index in [4.69, 9.17) is 34.4 Å². The van der Waals surface area contributed by atoms with Gasteiger partial charge in [-0.2, -0.15) is 0 Å². The molecule has 2 aromatic rings. The minimum absolute atomic E-state index is 0.187. The summed E-state index contributed by atoms with van der Waals surface area (Å²) in [6, 6.07) is 11.6. The number of anilines is 1. The smallest absolute Gasteiger partial charge is 0.238 e. The van der Waals surface area contributed by atoms with E-state index in [1.54, 1.807) is 36.4 Å². The summed E-state index contributed by atoms with van der Waals surface area (Å²) in [5.74, 6) is 2.28. The van der Waals surface area contributed by atoms with Crippen molar-refractivity contribution >= 4 is 40.6 Å². The van der Waals surface area contributed by atoms with E-state index in [1.165, 1.54) is 12.5 Å². The second-order valence-electron chi connectivity index (χ2n) is 10.3. The number of aliphatic hydroxyl groups excluding tert-OH is 1. The maximum Gasteiger partial charge on any atom is 0.238 e. The summed E-state index contributed by atoms with van der Waals surface area (Å²) in [6.45, 7) is 3.72. The van der Waals surface area contributed by atoms with Crippen molar-refractivity contribution in [1.82, 2.24) is 9.80 Å². The van der Waals surface area contributed by atoms with E-state index in [2.05, 4.69) is 21.0 Å². The second kappa shape index (κ2) is 13.8. The number of ether oxygens (including phenoxy) is 1. The van der Waals surface area contributed by atoms with Gasteiger partial charge in [0.05, 0.1) is 30.0 Å². The first-order chi connectivity index (χ1) is 18.8. The average Bonchev–Trinajstić information content (AvgIpc) is 2.94. The van der Waals surface area contributed by atoms with Crippen LogP contribution in [-0.4, -0.2) is 84.2 Å². The minimum Gasteiger partial charge on any atom is -0.389 e. The number of hydrogen-bond acceptors (Lipinski definition) is 6. The number of terminal acetylenes is 1. The Bertz CT molecular complexity index is 1200. The molecule has 9 heteroatoms. The number of rotatable bonds is 10. The van der Waals surface area contributed by atoms with Crippen LogP contribution < -0.4 is 5.32 Å². The molecule has 2 aliphatic rings. The number of carbonyl (C=O) groups excluding carboxylic acids is 2. The fraction of sp³-hybridized carbons (Fsp3) is 0.467. The molecular weight excluding hydrogens is 537 g/mol. The van der Waals surface area contributed by atoms with Gasteiger partial charge in [0, 0.05) is 48.9 Å². The van der Waals surface area contributed by atoms with Crippen molar-refractivity contribution in [1.29, 1.82) is 0 Å². The van der Waals surface area contributed by atoms with Gasteiger partial charge in [0.15, 0.2) is 5.78 Å². The van der Waals surface area contributed by atoms with Crippen molar-refractivity contribution in [2.24, 2.45) is 0 Å². The first-order valence-corrected chi connectivity index (χ1v) is 14.2. The highest BCUT2D eigenvalue weighted by molar-refractivity contribution is 6.36. The fourth-order valence-electron chi connectivity index (χ4n) is 5.19. The van der Waals surface area contributed by atoms with Gasteiger partial charge in [0.1, 0.15) is 5.60 Å². The predicted molar refractivity (Wildman–Crippen MR) is 154 cm³/mol. The Hall–Kier alpha value is -2.44. The molecule has 0 spiro atoms. The first kappa shape index (κ1) is 29.5. The second-order valence-corrected chi connectivity index (χ2v) is 11.1. The van der Waals surface area contributed by atoms with E-state index in [9.17, 15) is 14.7 Å². The summed E-state index contributed by atoms with van der Waals surface area (Å²) in [6.07, 6.45) is 10.1. The zero-order valence-corrected chi connectivity index (χ0v) is 23.5. The molecule has 0 radical (unpaired) electrons. The Morgan fingerprint density at radius 1 is 1.03 bits per heavy atom. The molecule has 4 rings (SSSR count). The Labute approximate surface area is 240 Å². The Morgan fingerprint density at radius 2 is 1.72 bits per heavy atom. The lowest BCUT2D eigenvalue weighted by Crippen LogP contribution is -2.51. The quantitative estimate of drug-likeness (QED) is 0.323. The zero-order chi connectivity index (χ0) is 27.8. The standard InChI is InChI=1S/C30H35Cl2N3O4/c1-2-30(12-6-3-7-13-30)39-21-23(36)19-34-14-16-35(17-15-34)20-28(37)33-27-11-10-22(31)18-25(27)29(38)24-8-4-5-9-26(24)32/h1,4-5,8-11,18,23,36H,3,6-7,12-17,19-21H2,(H,33,37). The number of piperazine rings is 1. The van der Waals surface area contributed by atoms with Crippen LogP contribution in [0.4, 0.5) is 5.69 Å². The predicted octanol–water partition coefficient (Wildman–Crippen LogP) is 4.49. The van der Waals surface area contributed by atoms with E-state index >= 15 is 0 Å². The van der Waals surface area contributed by atoms with Gasteiger partial charge >= 0.3 is 0 Å². The van der Waals surface area contributed by atoms with E-state index in [0.717, 1.165) is 38.8 Å². The molecule has 0 bridgehead atoms. The van der Waals surface area contributed by atoms with Gasteiger partial charge in [-0.1, -0.05) is 47.7 Å². The van der Waals surface area contributed by atoms with Crippen LogP contribution in [0.1, 0.15) is 48.0 Å². The van der Waals surface area contributed by atoms with Crippen LogP contribution in [0.15, 0.2) is 42.5 Å². The number of hydrogen-bond donors (Lipinski definition) is 2. The molecule has 1 aliphatic carbocycles. The molecule has 2 fully saturated rings. The molecule has 7 nitrogen and oxygen atoms in total. The summed E-state index contributed by atoms with van der Waals surface area (Å²) >= 11 is 12.4. The van der Waals surface area contributed by atoms with Gasteiger partial charge in [-0.25, -0.2) is 0 Å². The number of β-amino-alcohol motifs (C(OH)–C–C–N with tert-alkyl or cyclic N) is 1. The number of amides is 1. The fourth-order valence-corrected chi connectivity index (χ4v) is 5.58. The van der Waals surface area contributed by atoms with Gasteiger partial charge in [-0.3, -0.25) is 19.4 Å². The topological polar surface area (TPSA) is 82.1 Å². The van der Waals surface area contributed by atoms with Crippen LogP contribution in [0.2, 0.25) is 10.0 Å². The molecule has 1 saturated heterocycles. The molecule has 2 N–H and O–H groups in total. The third kappa shape index (κ3) is 8.04. The van der Waals surface area contributed by atoms with Crippen molar-refractivity contribution in [3.8, 4) is 12.3 Å². The SMILES string of the molecule is C#CC1(OCC(O)CN2CCN(CC(=O)Nc3ccc(Cl)cc3C(=O)c3ccccc3Cl)CC2)CCCCC1. The van der Waals surface area contributed by atoms with Crippen molar-refractivity contribution in [3.63, 3.8) is 0 Å². The van der Waals surface area contributed by atoms with Crippen LogP contribution in [0.25, 0.3) is 0 Å². The maximum atomic E-state index is 13.2. The highest BCUT2D eigenvalue weighted by atomic mass is 35.5. The molecule has 1 aliphatic heterocycles. The number of ketones is 1. The number of halogens is 2. The molecule has 2 aromatic carbocycles. The van der Waals surface area contributed by atoms with Crippen LogP contribution in [-0.2, 0) is 9.53 Å². The minimum atomic E-state index is -0.619. The normalized spacial score (nSPS) is 18.7. The van der Waals surface area contributed by atoms with Crippen molar-refractivity contribution in [2.45, 2.75) is 43.8 Å². The zero-order valence-electron chi connectivity index (χ0n) is 22.0. The summed E-state index contributed by atoms with van der Waals surface area (Å²) < 4.78 is 6.01. The molecule has 1 atom stereocenters. The monoisotopic (exact) mass is 571 g/mol. The Balaban J connectivity index is 1.25. The molecule has 39 heavy (non-hydrogen) atoms. The van der Waals surface area contributed by atoms with Gasteiger partial charge in [-0.15, -0.1) is 6.42 Å². The van der Waals surface area contributed by atoms with Crippen molar-refractivity contribution < 1.29 is 19.4 Å². The van der Waals surface area contributed by atoms with Crippen LogP contribution >= 0.6 is 23.2 Å². The molecular formula is C30H35Cl2N3O4. The van der Waals surface area contributed by atoms with Crippen LogP contribution in [0, 0.1) is 12.3 Å². The van der Waals surface area contributed by atoms with Crippen LogP contribution in [0.5, 0.6) is 0 Å².